The van der Waals surface area contributed by atoms with Crippen LogP contribution in [0.15, 0.2) is 12.1 Å². The first-order chi connectivity index (χ1) is 9.97. The molecule has 112 valence electrons. The summed E-state index contributed by atoms with van der Waals surface area (Å²) < 4.78 is 4.99. The van der Waals surface area contributed by atoms with Crippen molar-refractivity contribution in [3.63, 3.8) is 0 Å². The number of ether oxygens (including phenoxy) is 1. The molecule has 0 bridgehead atoms. The molecule has 1 aromatic heterocycles. The molecule has 0 saturated heterocycles. The third kappa shape index (κ3) is 4.99. The highest BCUT2D eigenvalue weighted by atomic mass is 16.6. The van der Waals surface area contributed by atoms with Crippen LogP contribution in [0.1, 0.15) is 19.8 Å². The van der Waals surface area contributed by atoms with Gasteiger partial charge in [0.2, 0.25) is 11.8 Å². The highest BCUT2D eigenvalue weighted by molar-refractivity contribution is 5.90. The van der Waals surface area contributed by atoms with Crippen molar-refractivity contribution in [3.05, 3.63) is 12.1 Å². The van der Waals surface area contributed by atoms with Crippen LogP contribution in [0.3, 0.4) is 0 Å². The van der Waals surface area contributed by atoms with Gasteiger partial charge in [-0.25, -0.2) is 4.79 Å². The zero-order valence-corrected chi connectivity index (χ0v) is 11.8. The third-order valence-corrected chi connectivity index (χ3v) is 2.49. The summed E-state index contributed by atoms with van der Waals surface area (Å²) in [6, 6.07) is 4.47. The van der Waals surface area contributed by atoms with Crippen LogP contribution in [0.25, 0.3) is 0 Å². The van der Waals surface area contributed by atoms with Gasteiger partial charge >= 0.3 is 6.09 Å². The molecule has 0 aromatic carbocycles. The molecule has 0 aliphatic carbocycles. The number of aromatic nitrogens is 1. The van der Waals surface area contributed by atoms with Crippen LogP contribution >= 0.6 is 0 Å². The van der Waals surface area contributed by atoms with Crippen LogP contribution in [0.5, 0.6) is 11.6 Å². The SMILES string of the molecule is CCC(=O)Nc1nc(OC(=O)N(C)CCC#N)ccc1O. The molecule has 21 heavy (non-hydrogen) atoms. The first-order valence-corrected chi connectivity index (χ1v) is 6.27. The second kappa shape index (κ2) is 7.69. The van der Waals surface area contributed by atoms with E-state index in [1.807, 2.05) is 6.07 Å². The number of rotatable bonds is 5. The molecule has 2 N–H and O–H groups in total. The van der Waals surface area contributed by atoms with E-state index in [9.17, 15) is 14.7 Å². The van der Waals surface area contributed by atoms with Gasteiger partial charge in [0.1, 0.15) is 0 Å². The predicted molar refractivity (Wildman–Crippen MR) is 73.7 cm³/mol. The Labute approximate surface area is 122 Å². The summed E-state index contributed by atoms with van der Waals surface area (Å²) in [6.07, 6.45) is -0.273. The number of nitrogens with one attached hydrogen (secondary N) is 1. The first-order valence-electron chi connectivity index (χ1n) is 6.27. The van der Waals surface area contributed by atoms with Gasteiger partial charge in [-0.2, -0.15) is 10.2 Å². The quantitative estimate of drug-likeness (QED) is 0.849. The summed E-state index contributed by atoms with van der Waals surface area (Å²) in [5.41, 5.74) is 0. The minimum Gasteiger partial charge on any atom is -0.504 e. The van der Waals surface area contributed by atoms with Gasteiger partial charge in [0.25, 0.3) is 0 Å². The van der Waals surface area contributed by atoms with Gasteiger partial charge in [-0.05, 0) is 6.07 Å². The van der Waals surface area contributed by atoms with Gasteiger partial charge in [-0.3, -0.25) is 4.79 Å². The average molecular weight is 292 g/mol. The Balaban J connectivity index is 2.76. The monoisotopic (exact) mass is 292 g/mol. The van der Waals surface area contributed by atoms with Crippen molar-refractivity contribution in [2.45, 2.75) is 19.8 Å². The van der Waals surface area contributed by atoms with Crippen molar-refractivity contribution >= 4 is 17.8 Å². The molecule has 0 spiro atoms. The Hall–Kier alpha value is -2.82. The summed E-state index contributed by atoms with van der Waals surface area (Å²) >= 11 is 0. The number of carbonyl (C=O) groups excluding carboxylic acids is 2. The van der Waals surface area contributed by atoms with Gasteiger partial charge in [-0.15, -0.1) is 0 Å². The number of hydrogen-bond acceptors (Lipinski definition) is 6. The lowest BCUT2D eigenvalue weighted by Crippen LogP contribution is -2.30. The zero-order valence-electron chi connectivity index (χ0n) is 11.8. The lowest BCUT2D eigenvalue weighted by atomic mass is 10.4. The smallest absolute Gasteiger partial charge is 0.416 e. The minimum atomic E-state index is -0.684. The number of amides is 2. The number of aromatic hydroxyl groups is 1. The van der Waals surface area contributed by atoms with Gasteiger partial charge < -0.3 is 20.1 Å². The van der Waals surface area contributed by atoms with E-state index >= 15 is 0 Å². The Morgan fingerprint density at radius 2 is 2.24 bits per heavy atom. The van der Waals surface area contributed by atoms with Crippen LogP contribution in [0.4, 0.5) is 10.6 Å². The fraction of sp³-hybridized carbons (Fsp3) is 0.385. The molecule has 1 rings (SSSR count). The van der Waals surface area contributed by atoms with E-state index in [1.54, 1.807) is 6.92 Å². The number of nitrogens with zero attached hydrogens (tertiary/aromatic N) is 3. The normalized spacial score (nSPS) is 9.57. The third-order valence-electron chi connectivity index (χ3n) is 2.49. The number of pyridine rings is 1. The molecule has 0 fully saturated rings. The number of anilines is 1. The van der Waals surface area contributed by atoms with E-state index in [0.717, 1.165) is 0 Å². The standard InChI is InChI=1S/C13H16N4O4/c1-3-10(19)15-12-9(18)5-6-11(16-12)21-13(20)17(2)8-4-7-14/h5-6,18H,3-4,8H2,1-2H3,(H,15,16,19). The summed E-state index contributed by atoms with van der Waals surface area (Å²) in [4.78, 5) is 28.1. The zero-order chi connectivity index (χ0) is 15.8. The molecule has 0 atom stereocenters. The fourth-order valence-corrected chi connectivity index (χ4v) is 1.28. The minimum absolute atomic E-state index is 0.0620. The van der Waals surface area contributed by atoms with Crippen LogP contribution in [0.2, 0.25) is 0 Å². The molecule has 2 amide bonds. The van der Waals surface area contributed by atoms with Crippen LogP contribution in [0, 0.1) is 11.3 Å². The maximum absolute atomic E-state index is 11.7. The average Bonchev–Trinajstić information content (AvgIpc) is 2.47. The van der Waals surface area contributed by atoms with Gasteiger partial charge in [0.05, 0.1) is 12.5 Å². The van der Waals surface area contributed by atoms with Crippen molar-refractivity contribution in [3.8, 4) is 17.7 Å². The maximum atomic E-state index is 11.7. The molecular weight excluding hydrogens is 276 g/mol. The Bertz CT molecular complexity index is 568. The number of nitriles is 1. The van der Waals surface area contributed by atoms with E-state index < -0.39 is 6.09 Å². The van der Waals surface area contributed by atoms with Gasteiger partial charge in [0, 0.05) is 26.1 Å². The largest absolute Gasteiger partial charge is 0.504 e. The Kier molecular flexibility index (Phi) is 5.95. The van der Waals surface area contributed by atoms with Crippen molar-refractivity contribution in [1.29, 1.82) is 5.26 Å². The van der Waals surface area contributed by atoms with Crippen LogP contribution < -0.4 is 10.1 Å². The number of hydrogen-bond donors (Lipinski definition) is 2. The van der Waals surface area contributed by atoms with Crippen molar-refractivity contribution in [2.24, 2.45) is 0 Å². The molecule has 0 aliphatic rings. The molecule has 0 aliphatic heterocycles. The molecular formula is C13H16N4O4. The second-order valence-electron chi connectivity index (χ2n) is 4.12. The molecule has 8 nitrogen and oxygen atoms in total. The van der Waals surface area contributed by atoms with E-state index in [4.69, 9.17) is 10.00 Å². The summed E-state index contributed by atoms with van der Waals surface area (Å²) in [6.45, 7) is 1.88. The number of carbonyl (C=O) groups is 2. The fourth-order valence-electron chi connectivity index (χ4n) is 1.28. The summed E-state index contributed by atoms with van der Waals surface area (Å²) in [7, 11) is 1.49. The summed E-state index contributed by atoms with van der Waals surface area (Å²) in [5, 5.41) is 20.4. The van der Waals surface area contributed by atoms with Crippen molar-refractivity contribution in [2.75, 3.05) is 18.9 Å². The predicted octanol–water partition coefficient (Wildman–Crippen LogP) is 1.48. The maximum Gasteiger partial charge on any atom is 0.416 e. The molecule has 1 aromatic rings. The summed E-state index contributed by atoms with van der Waals surface area (Å²) in [5.74, 6) is -0.693. The van der Waals surface area contributed by atoms with E-state index in [-0.39, 0.29) is 42.7 Å². The topological polar surface area (TPSA) is 116 Å². The van der Waals surface area contributed by atoms with Crippen LogP contribution in [-0.4, -0.2) is 40.6 Å². The van der Waals surface area contributed by atoms with E-state index in [2.05, 4.69) is 10.3 Å². The highest BCUT2D eigenvalue weighted by Crippen LogP contribution is 2.24. The lowest BCUT2D eigenvalue weighted by molar-refractivity contribution is -0.115. The van der Waals surface area contributed by atoms with Gasteiger partial charge in [-0.1, -0.05) is 6.92 Å². The highest BCUT2D eigenvalue weighted by Gasteiger charge is 2.14. The van der Waals surface area contributed by atoms with E-state index in [1.165, 1.54) is 24.1 Å². The van der Waals surface area contributed by atoms with Crippen molar-refractivity contribution in [1.82, 2.24) is 9.88 Å². The van der Waals surface area contributed by atoms with Crippen LogP contribution in [-0.2, 0) is 4.79 Å². The molecule has 8 heteroatoms. The lowest BCUT2D eigenvalue weighted by Gasteiger charge is -2.15. The second-order valence-corrected chi connectivity index (χ2v) is 4.12. The molecule has 0 saturated carbocycles. The molecule has 1 heterocycles. The Morgan fingerprint density at radius 3 is 2.86 bits per heavy atom. The first kappa shape index (κ1) is 16.2. The van der Waals surface area contributed by atoms with Crippen molar-refractivity contribution < 1.29 is 19.4 Å². The van der Waals surface area contributed by atoms with E-state index in [0.29, 0.717) is 0 Å². The molecule has 0 unspecified atom stereocenters. The Morgan fingerprint density at radius 1 is 1.52 bits per heavy atom. The molecule has 0 radical (unpaired) electrons. The van der Waals surface area contributed by atoms with Gasteiger partial charge in [0.15, 0.2) is 11.6 Å².